The molecule has 1 aliphatic rings. The van der Waals surface area contributed by atoms with Gasteiger partial charge < -0.3 is 14.3 Å². The molecule has 164 valence electrons. The van der Waals surface area contributed by atoms with Gasteiger partial charge in [-0.15, -0.1) is 22.0 Å². The van der Waals surface area contributed by atoms with E-state index in [1.54, 1.807) is 17.8 Å². The van der Waals surface area contributed by atoms with Crippen LogP contribution in [0.1, 0.15) is 42.9 Å². The third-order valence-electron chi connectivity index (χ3n) is 5.44. The van der Waals surface area contributed by atoms with Gasteiger partial charge in [-0.05, 0) is 62.0 Å². The van der Waals surface area contributed by atoms with E-state index in [9.17, 15) is 5.11 Å². The van der Waals surface area contributed by atoms with Crippen molar-refractivity contribution in [2.75, 3.05) is 32.0 Å². The summed E-state index contributed by atoms with van der Waals surface area (Å²) in [5, 5.41) is 18.6. The number of rotatable bonds is 9. The molecule has 2 aromatic carbocycles. The Labute approximate surface area is 187 Å². The number of likely N-dealkylation sites (tertiary alicyclic amines) is 1. The molecule has 0 spiro atoms. The van der Waals surface area contributed by atoms with Crippen molar-refractivity contribution < 1.29 is 14.3 Å². The molecular weight excluding hydrogens is 410 g/mol. The zero-order chi connectivity index (χ0) is 21.5. The largest absolute Gasteiger partial charge is 0.508 e. The van der Waals surface area contributed by atoms with Gasteiger partial charge in [0.15, 0.2) is 0 Å². The molecule has 2 heterocycles. The molecule has 1 atom stereocenters. The van der Waals surface area contributed by atoms with Crippen LogP contribution in [0.2, 0.25) is 0 Å². The molecule has 0 bridgehead atoms. The van der Waals surface area contributed by atoms with E-state index >= 15 is 0 Å². The maximum atomic E-state index is 10.3. The number of aromatic hydroxyl groups is 1. The molecule has 6 nitrogen and oxygen atoms in total. The Morgan fingerprint density at radius 1 is 1.06 bits per heavy atom. The van der Waals surface area contributed by atoms with E-state index < -0.39 is 0 Å². The summed E-state index contributed by atoms with van der Waals surface area (Å²) >= 11 is 1.65. The van der Waals surface area contributed by atoms with E-state index in [2.05, 4.69) is 22.0 Å². The summed E-state index contributed by atoms with van der Waals surface area (Å²) in [6, 6.07) is 15.0. The SMILES string of the molecule is CCSC(c1nnc(-c2ccc(OCCN3CCCCC3)cc2)o1)c1ccccc1O. The smallest absolute Gasteiger partial charge is 0.247 e. The predicted octanol–water partition coefficient (Wildman–Crippen LogP) is 5.15. The van der Waals surface area contributed by atoms with Crippen LogP contribution in [0, 0.1) is 0 Å². The average Bonchev–Trinajstić information content (AvgIpc) is 3.29. The number of thioether (sulfide) groups is 1. The molecule has 0 aliphatic carbocycles. The highest BCUT2D eigenvalue weighted by Crippen LogP contribution is 2.39. The van der Waals surface area contributed by atoms with Gasteiger partial charge in [0.05, 0.1) is 0 Å². The van der Waals surface area contributed by atoms with Gasteiger partial charge in [-0.1, -0.05) is 31.5 Å². The van der Waals surface area contributed by atoms with Crippen molar-refractivity contribution in [2.24, 2.45) is 0 Å². The molecule has 1 saturated heterocycles. The molecule has 4 rings (SSSR count). The number of piperidine rings is 1. The monoisotopic (exact) mass is 439 g/mol. The number of hydrogen-bond donors (Lipinski definition) is 1. The van der Waals surface area contributed by atoms with Crippen LogP contribution in [0.25, 0.3) is 11.5 Å². The molecule has 0 saturated carbocycles. The lowest BCUT2D eigenvalue weighted by molar-refractivity contribution is 0.183. The minimum absolute atomic E-state index is 0.204. The summed E-state index contributed by atoms with van der Waals surface area (Å²) < 4.78 is 11.9. The summed E-state index contributed by atoms with van der Waals surface area (Å²) in [5.74, 6) is 2.89. The lowest BCUT2D eigenvalue weighted by Gasteiger charge is -2.26. The van der Waals surface area contributed by atoms with E-state index in [4.69, 9.17) is 9.15 Å². The number of phenols is 1. The Bertz CT molecular complexity index is 955. The Balaban J connectivity index is 1.40. The third kappa shape index (κ3) is 5.60. The summed E-state index contributed by atoms with van der Waals surface area (Å²) in [7, 11) is 0. The second-order valence-electron chi connectivity index (χ2n) is 7.61. The van der Waals surface area contributed by atoms with Crippen molar-refractivity contribution >= 4 is 11.8 Å². The van der Waals surface area contributed by atoms with E-state index in [0.29, 0.717) is 18.4 Å². The van der Waals surface area contributed by atoms with Crippen LogP contribution < -0.4 is 4.74 Å². The molecule has 1 N–H and O–H groups in total. The Hall–Kier alpha value is -2.51. The van der Waals surface area contributed by atoms with E-state index in [-0.39, 0.29) is 11.0 Å². The van der Waals surface area contributed by atoms with Gasteiger partial charge in [0.2, 0.25) is 11.8 Å². The number of aromatic nitrogens is 2. The highest BCUT2D eigenvalue weighted by molar-refractivity contribution is 7.99. The van der Waals surface area contributed by atoms with Gasteiger partial charge in [-0.3, -0.25) is 4.90 Å². The van der Waals surface area contributed by atoms with Gasteiger partial charge >= 0.3 is 0 Å². The lowest BCUT2D eigenvalue weighted by atomic mass is 10.1. The zero-order valence-electron chi connectivity index (χ0n) is 17.9. The summed E-state index contributed by atoms with van der Waals surface area (Å²) in [6.07, 6.45) is 3.94. The van der Waals surface area contributed by atoms with Crippen LogP contribution in [-0.2, 0) is 0 Å². The van der Waals surface area contributed by atoms with E-state index in [1.807, 2.05) is 42.5 Å². The first kappa shape index (κ1) is 21.7. The number of hydrogen-bond acceptors (Lipinski definition) is 7. The Morgan fingerprint density at radius 2 is 1.84 bits per heavy atom. The molecule has 31 heavy (non-hydrogen) atoms. The molecule has 1 aliphatic heterocycles. The fraction of sp³-hybridized carbons (Fsp3) is 0.417. The number of ether oxygens (including phenoxy) is 1. The van der Waals surface area contributed by atoms with Crippen LogP contribution in [0.5, 0.6) is 11.5 Å². The van der Waals surface area contributed by atoms with Crippen molar-refractivity contribution in [1.82, 2.24) is 15.1 Å². The van der Waals surface area contributed by atoms with E-state index in [1.165, 1.54) is 32.4 Å². The van der Waals surface area contributed by atoms with Crippen molar-refractivity contribution in [3.63, 3.8) is 0 Å². The van der Waals surface area contributed by atoms with Crippen molar-refractivity contribution in [3.05, 3.63) is 60.0 Å². The summed E-state index contributed by atoms with van der Waals surface area (Å²) in [5.41, 5.74) is 1.63. The highest BCUT2D eigenvalue weighted by atomic mass is 32.2. The second-order valence-corrected chi connectivity index (χ2v) is 9.00. The molecule has 7 heteroatoms. The molecule has 1 fully saturated rings. The zero-order valence-corrected chi connectivity index (χ0v) is 18.7. The third-order valence-corrected chi connectivity index (χ3v) is 6.57. The average molecular weight is 440 g/mol. The molecule has 3 aromatic rings. The first-order valence-corrected chi connectivity index (χ1v) is 12.0. The van der Waals surface area contributed by atoms with Gasteiger partial charge in [0.25, 0.3) is 0 Å². The van der Waals surface area contributed by atoms with Crippen LogP contribution in [-0.4, -0.2) is 52.2 Å². The van der Waals surface area contributed by atoms with Gasteiger partial charge in [-0.25, -0.2) is 0 Å². The van der Waals surface area contributed by atoms with Crippen molar-refractivity contribution in [2.45, 2.75) is 31.4 Å². The van der Waals surface area contributed by atoms with Crippen LogP contribution in [0.4, 0.5) is 0 Å². The Kier molecular flexibility index (Phi) is 7.48. The quantitative estimate of drug-likeness (QED) is 0.494. The second kappa shape index (κ2) is 10.7. The lowest BCUT2D eigenvalue weighted by Crippen LogP contribution is -2.33. The van der Waals surface area contributed by atoms with Gasteiger partial charge in [0, 0.05) is 17.7 Å². The highest BCUT2D eigenvalue weighted by Gasteiger charge is 2.24. The van der Waals surface area contributed by atoms with Crippen molar-refractivity contribution in [1.29, 1.82) is 0 Å². The van der Waals surface area contributed by atoms with E-state index in [0.717, 1.165) is 29.2 Å². The van der Waals surface area contributed by atoms with Crippen LogP contribution >= 0.6 is 11.8 Å². The fourth-order valence-corrected chi connectivity index (χ4v) is 4.75. The van der Waals surface area contributed by atoms with Crippen LogP contribution in [0.3, 0.4) is 0 Å². The molecular formula is C24H29N3O3S. The maximum absolute atomic E-state index is 10.3. The van der Waals surface area contributed by atoms with Gasteiger partial charge in [-0.2, -0.15) is 0 Å². The summed E-state index contributed by atoms with van der Waals surface area (Å²) in [4.78, 5) is 2.47. The van der Waals surface area contributed by atoms with Crippen molar-refractivity contribution in [3.8, 4) is 23.0 Å². The number of phenolic OH excluding ortho intramolecular Hbond substituents is 1. The Morgan fingerprint density at radius 3 is 2.58 bits per heavy atom. The fourth-order valence-electron chi connectivity index (χ4n) is 3.80. The molecule has 1 aromatic heterocycles. The summed E-state index contributed by atoms with van der Waals surface area (Å²) in [6.45, 7) is 6.09. The minimum Gasteiger partial charge on any atom is -0.508 e. The number of para-hydroxylation sites is 1. The maximum Gasteiger partial charge on any atom is 0.247 e. The number of benzene rings is 2. The predicted molar refractivity (Wildman–Crippen MR) is 124 cm³/mol. The first-order chi connectivity index (χ1) is 15.2. The minimum atomic E-state index is -0.204. The number of nitrogens with zero attached hydrogens (tertiary/aromatic N) is 3. The first-order valence-electron chi connectivity index (χ1n) is 10.9. The molecule has 0 radical (unpaired) electrons. The molecule has 1 unspecified atom stereocenters. The van der Waals surface area contributed by atoms with Crippen LogP contribution in [0.15, 0.2) is 52.9 Å². The normalized spacial score (nSPS) is 15.6. The topological polar surface area (TPSA) is 71.6 Å². The standard InChI is InChI=1S/C24H29N3O3S/c1-2-31-22(20-8-4-5-9-21(20)28)24-26-25-23(30-24)18-10-12-19(13-11-18)29-17-16-27-14-6-3-7-15-27/h4-5,8-13,22,28H,2-3,6-7,14-17H2,1H3. The van der Waals surface area contributed by atoms with Gasteiger partial charge in [0.1, 0.15) is 23.4 Å². The molecule has 0 amide bonds.